The molecule has 1 aliphatic rings. The largest absolute Gasteiger partial charge is 0.497 e. The van der Waals surface area contributed by atoms with Crippen molar-refractivity contribution in [3.63, 3.8) is 0 Å². The van der Waals surface area contributed by atoms with E-state index in [0.717, 1.165) is 34.5 Å². The summed E-state index contributed by atoms with van der Waals surface area (Å²) < 4.78 is 5.25. The van der Waals surface area contributed by atoms with Gasteiger partial charge in [-0.1, -0.05) is 31.2 Å². The topological polar surface area (TPSA) is 64.4 Å². The molecule has 3 N–H and O–H groups in total. The Morgan fingerprint density at radius 1 is 1.23 bits per heavy atom. The molecule has 2 atom stereocenters. The van der Waals surface area contributed by atoms with Gasteiger partial charge >= 0.3 is 0 Å². The molecule has 0 aliphatic carbocycles. The number of nitrogens with two attached hydrogens (primary N) is 1. The molecule has 2 aromatic rings. The molecule has 0 radical (unpaired) electrons. The molecule has 1 amide bonds. The standard InChI is InChI=1S/C18H20N2O2/c1-3-14-15-10-12(7-8-16(15)20-18(14)21)17(19)11-5-4-6-13(9-11)22-2/h4-10,14,17H,3,19H2,1-2H3,(H,20,21). The van der Waals surface area contributed by atoms with Gasteiger partial charge in [-0.25, -0.2) is 0 Å². The average molecular weight is 296 g/mol. The zero-order chi connectivity index (χ0) is 15.7. The Kier molecular flexibility index (Phi) is 3.86. The van der Waals surface area contributed by atoms with Gasteiger partial charge in [0.2, 0.25) is 5.91 Å². The van der Waals surface area contributed by atoms with Crippen molar-refractivity contribution in [3.05, 3.63) is 59.2 Å². The summed E-state index contributed by atoms with van der Waals surface area (Å²) in [7, 11) is 1.64. The molecule has 2 unspecified atom stereocenters. The van der Waals surface area contributed by atoms with Crippen LogP contribution in [0.5, 0.6) is 5.75 Å². The highest BCUT2D eigenvalue weighted by molar-refractivity contribution is 6.02. The van der Waals surface area contributed by atoms with Crippen molar-refractivity contribution < 1.29 is 9.53 Å². The maximum atomic E-state index is 11.9. The summed E-state index contributed by atoms with van der Waals surface area (Å²) >= 11 is 0. The summed E-state index contributed by atoms with van der Waals surface area (Å²) in [6.07, 6.45) is 0.788. The molecule has 0 fully saturated rings. The van der Waals surface area contributed by atoms with Gasteiger partial charge in [0.05, 0.1) is 19.1 Å². The van der Waals surface area contributed by atoms with E-state index in [-0.39, 0.29) is 17.9 Å². The van der Waals surface area contributed by atoms with Crippen LogP contribution >= 0.6 is 0 Å². The van der Waals surface area contributed by atoms with Crippen LogP contribution in [0.25, 0.3) is 0 Å². The van der Waals surface area contributed by atoms with Gasteiger partial charge in [-0.05, 0) is 41.3 Å². The highest BCUT2D eigenvalue weighted by atomic mass is 16.5. The fraction of sp³-hybridized carbons (Fsp3) is 0.278. The van der Waals surface area contributed by atoms with Crippen molar-refractivity contribution >= 4 is 11.6 Å². The molecule has 0 spiro atoms. The van der Waals surface area contributed by atoms with Crippen LogP contribution in [0.15, 0.2) is 42.5 Å². The predicted molar refractivity (Wildman–Crippen MR) is 87.1 cm³/mol. The number of carbonyl (C=O) groups is 1. The van der Waals surface area contributed by atoms with Crippen LogP contribution in [0.2, 0.25) is 0 Å². The number of fused-ring (bicyclic) bond motifs is 1. The maximum Gasteiger partial charge on any atom is 0.231 e. The first-order chi connectivity index (χ1) is 10.6. The van der Waals surface area contributed by atoms with Crippen LogP contribution in [0.4, 0.5) is 5.69 Å². The summed E-state index contributed by atoms with van der Waals surface area (Å²) in [5.74, 6) is 0.787. The van der Waals surface area contributed by atoms with Gasteiger partial charge in [-0.15, -0.1) is 0 Å². The second kappa shape index (κ2) is 5.81. The van der Waals surface area contributed by atoms with Gasteiger partial charge in [0.15, 0.2) is 0 Å². The molecule has 0 saturated heterocycles. The monoisotopic (exact) mass is 296 g/mol. The Morgan fingerprint density at radius 3 is 2.73 bits per heavy atom. The third-order valence-electron chi connectivity index (χ3n) is 4.25. The number of benzene rings is 2. The quantitative estimate of drug-likeness (QED) is 0.910. The number of ether oxygens (including phenoxy) is 1. The first-order valence-corrected chi connectivity index (χ1v) is 7.48. The minimum Gasteiger partial charge on any atom is -0.497 e. The average Bonchev–Trinajstić information content (AvgIpc) is 2.88. The van der Waals surface area contributed by atoms with Crippen molar-refractivity contribution in [2.24, 2.45) is 5.73 Å². The lowest BCUT2D eigenvalue weighted by molar-refractivity contribution is -0.117. The molecule has 0 saturated carbocycles. The number of rotatable bonds is 4. The van der Waals surface area contributed by atoms with Crippen molar-refractivity contribution in [3.8, 4) is 5.75 Å². The van der Waals surface area contributed by atoms with E-state index in [0.29, 0.717) is 0 Å². The predicted octanol–water partition coefficient (Wildman–Crippen LogP) is 3.19. The minimum atomic E-state index is -0.242. The molecular formula is C18H20N2O2. The summed E-state index contributed by atoms with van der Waals surface area (Å²) in [4.78, 5) is 11.9. The normalized spacial score (nSPS) is 17.8. The number of hydrogen-bond donors (Lipinski definition) is 2. The Balaban J connectivity index is 1.96. The molecule has 22 heavy (non-hydrogen) atoms. The van der Waals surface area contributed by atoms with Gasteiger partial charge in [-0.3, -0.25) is 4.79 Å². The van der Waals surface area contributed by atoms with Crippen molar-refractivity contribution in [1.82, 2.24) is 0 Å². The smallest absolute Gasteiger partial charge is 0.231 e. The highest BCUT2D eigenvalue weighted by Crippen LogP contribution is 2.36. The second-order valence-electron chi connectivity index (χ2n) is 5.55. The number of nitrogens with one attached hydrogen (secondary N) is 1. The van der Waals surface area contributed by atoms with E-state index in [9.17, 15) is 4.79 Å². The lowest BCUT2D eigenvalue weighted by Crippen LogP contribution is -2.12. The van der Waals surface area contributed by atoms with Crippen molar-refractivity contribution in [2.45, 2.75) is 25.3 Å². The highest BCUT2D eigenvalue weighted by Gasteiger charge is 2.29. The number of carbonyl (C=O) groups excluding carboxylic acids is 1. The second-order valence-corrected chi connectivity index (χ2v) is 5.55. The third kappa shape index (κ3) is 2.46. The van der Waals surface area contributed by atoms with Crippen molar-refractivity contribution in [1.29, 1.82) is 0 Å². The molecule has 1 aliphatic heterocycles. The maximum absolute atomic E-state index is 11.9. The van der Waals surface area contributed by atoms with Crippen LogP contribution in [-0.2, 0) is 4.79 Å². The Hall–Kier alpha value is -2.33. The fourth-order valence-corrected chi connectivity index (χ4v) is 2.97. The molecular weight excluding hydrogens is 276 g/mol. The van der Waals surface area contributed by atoms with Crippen LogP contribution < -0.4 is 15.8 Å². The SMILES string of the molecule is CCC1C(=O)Nc2ccc(C(N)c3cccc(OC)c3)cc21. The molecule has 4 nitrogen and oxygen atoms in total. The number of hydrogen-bond acceptors (Lipinski definition) is 3. The molecule has 0 bridgehead atoms. The van der Waals surface area contributed by atoms with Crippen LogP contribution in [0.1, 0.15) is 42.0 Å². The lowest BCUT2D eigenvalue weighted by atomic mass is 9.92. The van der Waals surface area contributed by atoms with Crippen LogP contribution in [-0.4, -0.2) is 13.0 Å². The Labute approximate surface area is 130 Å². The van der Waals surface area contributed by atoms with E-state index < -0.39 is 0 Å². The zero-order valence-electron chi connectivity index (χ0n) is 12.8. The summed E-state index contributed by atoms with van der Waals surface area (Å²) in [6.45, 7) is 2.02. The summed E-state index contributed by atoms with van der Waals surface area (Å²) in [6, 6.07) is 13.5. The number of anilines is 1. The molecule has 4 heteroatoms. The molecule has 0 aromatic heterocycles. The zero-order valence-corrected chi connectivity index (χ0v) is 12.8. The van der Waals surface area contributed by atoms with Gasteiger partial charge < -0.3 is 15.8 Å². The number of methoxy groups -OCH3 is 1. The Morgan fingerprint density at radius 2 is 2.00 bits per heavy atom. The summed E-state index contributed by atoms with van der Waals surface area (Å²) in [5.41, 5.74) is 10.3. The van der Waals surface area contributed by atoms with E-state index in [1.807, 2.05) is 49.4 Å². The molecule has 2 aromatic carbocycles. The Bertz CT molecular complexity index is 712. The van der Waals surface area contributed by atoms with E-state index >= 15 is 0 Å². The number of amides is 1. The first-order valence-electron chi connectivity index (χ1n) is 7.48. The third-order valence-corrected chi connectivity index (χ3v) is 4.25. The van der Waals surface area contributed by atoms with Gasteiger partial charge in [0.1, 0.15) is 5.75 Å². The molecule has 1 heterocycles. The van der Waals surface area contributed by atoms with Gasteiger partial charge in [0, 0.05) is 5.69 Å². The van der Waals surface area contributed by atoms with E-state index in [2.05, 4.69) is 5.32 Å². The summed E-state index contributed by atoms with van der Waals surface area (Å²) in [5, 5.41) is 2.92. The first kappa shape index (κ1) is 14.6. The van der Waals surface area contributed by atoms with Crippen LogP contribution in [0, 0.1) is 0 Å². The minimum absolute atomic E-state index is 0.0737. The van der Waals surface area contributed by atoms with Crippen molar-refractivity contribution in [2.75, 3.05) is 12.4 Å². The van der Waals surface area contributed by atoms with Gasteiger partial charge in [0.25, 0.3) is 0 Å². The van der Waals surface area contributed by atoms with Crippen LogP contribution in [0.3, 0.4) is 0 Å². The van der Waals surface area contributed by atoms with E-state index in [1.165, 1.54) is 0 Å². The lowest BCUT2D eigenvalue weighted by Gasteiger charge is -2.15. The van der Waals surface area contributed by atoms with E-state index in [4.69, 9.17) is 10.5 Å². The van der Waals surface area contributed by atoms with Gasteiger partial charge in [-0.2, -0.15) is 0 Å². The fourth-order valence-electron chi connectivity index (χ4n) is 2.97. The molecule has 3 rings (SSSR count). The molecule has 114 valence electrons. The van der Waals surface area contributed by atoms with E-state index in [1.54, 1.807) is 7.11 Å².